The van der Waals surface area contributed by atoms with Gasteiger partial charge in [0.2, 0.25) is 5.91 Å². The molecule has 0 radical (unpaired) electrons. The van der Waals surface area contributed by atoms with E-state index in [2.05, 4.69) is 5.10 Å². The van der Waals surface area contributed by atoms with Gasteiger partial charge in [-0.2, -0.15) is 5.10 Å². The normalized spacial score (nSPS) is 17.4. The van der Waals surface area contributed by atoms with E-state index in [0.717, 1.165) is 30.7 Å². The second-order valence-electron chi connectivity index (χ2n) is 6.37. The van der Waals surface area contributed by atoms with Gasteiger partial charge in [0.25, 0.3) is 0 Å². The Morgan fingerprint density at radius 1 is 1.36 bits per heavy atom. The van der Waals surface area contributed by atoms with E-state index in [4.69, 9.17) is 9.47 Å². The van der Waals surface area contributed by atoms with Gasteiger partial charge >= 0.3 is 0 Å². The lowest BCUT2D eigenvalue weighted by molar-refractivity contribution is -0.137. The Kier molecular flexibility index (Phi) is 6.19. The summed E-state index contributed by atoms with van der Waals surface area (Å²) in [5.74, 6) is -0.0213. The molecule has 0 spiro atoms. The molecule has 0 saturated carbocycles. The largest absolute Gasteiger partial charge is 0.376 e. The predicted octanol–water partition coefficient (Wildman–Crippen LogP) is 2.42. The van der Waals surface area contributed by atoms with Crippen molar-refractivity contribution in [1.82, 2.24) is 14.7 Å². The van der Waals surface area contributed by atoms with Crippen LogP contribution in [0.1, 0.15) is 24.8 Å². The van der Waals surface area contributed by atoms with Crippen molar-refractivity contribution in [2.45, 2.75) is 31.9 Å². The molecule has 134 valence electrons. The molecular formula is C19H25N3O3. The van der Waals surface area contributed by atoms with Crippen molar-refractivity contribution < 1.29 is 14.3 Å². The zero-order valence-corrected chi connectivity index (χ0v) is 14.6. The maximum absolute atomic E-state index is 12.2. The van der Waals surface area contributed by atoms with Gasteiger partial charge in [-0.1, -0.05) is 12.1 Å². The third kappa shape index (κ3) is 5.14. The van der Waals surface area contributed by atoms with Gasteiger partial charge in [-0.15, -0.1) is 0 Å². The summed E-state index contributed by atoms with van der Waals surface area (Å²) in [6.07, 6.45) is 7.11. The van der Waals surface area contributed by atoms with Crippen LogP contribution in [0.5, 0.6) is 0 Å². The van der Waals surface area contributed by atoms with Crippen LogP contribution in [0.2, 0.25) is 0 Å². The molecule has 0 bridgehead atoms. The summed E-state index contributed by atoms with van der Waals surface area (Å²) in [6, 6.07) is 9.91. The molecule has 1 aromatic carbocycles. The van der Waals surface area contributed by atoms with Gasteiger partial charge in [-0.25, -0.2) is 4.68 Å². The average molecular weight is 343 g/mol. The van der Waals surface area contributed by atoms with Crippen molar-refractivity contribution in [3.8, 4) is 5.69 Å². The highest BCUT2D eigenvalue weighted by Crippen LogP contribution is 2.13. The van der Waals surface area contributed by atoms with Crippen molar-refractivity contribution in [2.24, 2.45) is 0 Å². The lowest BCUT2D eigenvalue weighted by atomic mass is 10.1. The van der Waals surface area contributed by atoms with Gasteiger partial charge in [-0.3, -0.25) is 4.79 Å². The van der Waals surface area contributed by atoms with Crippen LogP contribution in [0, 0.1) is 0 Å². The quantitative estimate of drug-likeness (QED) is 0.775. The van der Waals surface area contributed by atoms with Gasteiger partial charge in [0.15, 0.2) is 0 Å². The number of hydrogen-bond acceptors (Lipinski definition) is 4. The Morgan fingerprint density at radius 2 is 2.20 bits per heavy atom. The third-order valence-electron chi connectivity index (χ3n) is 4.35. The van der Waals surface area contributed by atoms with Gasteiger partial charge < -0.3 is 14.4 Å². The fraction of sp³-hybridized carbons (Fsp3) is 0.474. The molecule has 3 rings (SSSR count). The Morgan fingerprint density at radius 3 is 2.88 bits per heavy atom. The number of likely N-dealkylation sites (N-methyl/N-ethyl adjacent to an activating group) is 1. The number of aromatic nitrogens is 2. The second kappa shape index (κ2) is 8.78. The monoisotopic (exact) mass is 343 g/mol. The summed E-state index contributed by atoms with van der Waals surface area (Å²) >= 11 is 0. The molecule has 6 nitrogen and oxygen atoms in total. The Hall–Kier alpha value is -2.18. The molecule has 1 saturated heterocycles. The number of nitrogens with zero attached hydrogens (tertiary/aromatic N) is 3. The predicted molar refractivity (Wildman–Crippen MR) is 94.4 cm³/mol. The maximum atomic E-state index is 12.2. The molecule has 25 heavy (non-hydrogen) atoms. The molecule has 1 fully saturated rings. The first kappa shape index (κ1) is 17.6. The van der Waals surface area contributed by atoms with E-state index >= 15 is 0 Å². The minimum Gasteiger partial charge on any atom is -0.376 e. The lowest BCUT2D eigenvalue weighted by Crippen LogP contribution is -2.32. The SMILES string of the molecule is CN(Cc1ccc(-n2cccn2)cc1)C(=O)COC[C@@H]1CCCCO1. The summed E-state index contributed by atoms with van der Waals surface area (Å²) in [6.45, 7) is 1.96. The van der Waals surface area contributed by atoms with Crippen LogP contribution in [0.25, 0.3) is 5.69 Å². The topological polar surface area (TPSA) is 56.6 Å². The standard InChI is InChI=1S/C19H25N3O3/c1-21(19(23)15-24-14-18-5-2-3-12-25-18)13-16-6-8-17(9-7-16)22-11-4-10-20-22/h4,6-11,18H,2-3,5,12-15H2,1H3/t18-/m0/s1. The molecular weight excluding hydrogens is 318 g/mol. The molecule has 0 unspecified atom stereocenters. The van der Waals surface area contributed by atoms with Crippen molar-refractivity contribution in [2.75, 3.05) is 26.9 Å². The molecule has 2 aromatic rings. The average Bonchev–Trinajstić information content (AvgIpc) is 3.18. The zero-order valence-electron chi connectivity index (χ0n) is 14.6. The lowest BCUT2D eigenvalue weighted by Gasteiger charge is -2.23. The Labute approximate surface area is 148 Å². The molecule has 1 amide bonds. The van der Waals surface area contributed by atoms with Gasteiger partial charge in [0, 0.05) is 32.6 Å². The Bertz CT molecular complexity index is 649. The molecule has 0 N–H and O–H groups in total. The Balaban J connectivity index is 1.43. The first-order valence-electron chi connectivity index (χ1n) is 8.74. The fourth-order valence-corrected chi connectivity index (χ4v) is 2.86. The van der Waals surface area contributed by atoms with Gasteiger partial charge in [0.1, 0.15) is 6.61 Å². The molecule has 6 heteroatoms. The highest BCUT2D eigenvalue weighted by Gasteiger charge is 2.15. The van der Waals surface area contributed by atoms with Crippen molar-refractivity contribution >= 4 is 5.91 Å². The summed E-state index contributed by atoms with van der Waals surface area (Å²) in [5.41, 5.74) is 2.07. The van der Waals surface area contributed by atoms with E-state index in [1.54, 1.807) is 22.8 Å². The van der Waals surface area contributed by atoms with Gasteiger partial charge in [0.05, 0.1) is 18.4 Å². The first-order valence-corrected chi connectivity index (χ1v) is 8.74. The van der Waals surface area contributed by atoms with Crippen LogP contribution in [0.4, 0.5) is 0 Å². The van der Waals surface area contributed by atoms with Crippen LogP contribution in [0.15, 0.2) is 42.7 Å². The highest BCUT2D eigenvalue weighted by atomic mass is 16.5. The maximum Gasteiger partial charge on any atom is 0.248 e. The van der Waals surface area contributed by atoms with E-state index in [1.165, 1.54) is 6.42 Å². The van der Waals surface area contributed by atoms with E-state index in [9.17, 15) is 4.79 Å². The van der Waals surface area contributed by atoms with Crippen LogP contribution in [0.3, 0.4) is 0 Å². The zero-order chi connectivity index (χ0) is 17.5. The van der Waals surface area contributed by atoms with Crippen LogP contribution < -0.4 is 0 Å². The smallest absolute Gasteiger partial charge is 0.248 e. The third-order valence-corrected chi connectivity index (χ3v) is 4.35. The fourth-order valence-electron chi connectivity index (χ4n) is 2.86. The summed E-state index contributed by atoms with van der Waals surface area (Å²) in [5, 5.41) is 4.20. The number of rotatable bonds is 7. The van der Waals surface area contributed by atoms with Crippen molar-refractivity contribution in [1.29, 1.82) is 0 Å². The van der Waals surface area contributed by atoms with Crippen molar-refractivity contribution in [3.05, 3.63) is 48.3 Å². The molecule has 1 atom stereocenters. The van der Waals surface area contributed by atoms with Gasteiger partial charge in [-0.05, 0) is 43.0 Å². The van der Waals surface area contributed by atoms with E-state index in [1.807, 2.05) is 36.5 Å². The molecule has 1 aliphatic heterocycles. The van der Waals surface area contributed by atoms with Crippen molar-refractivity contribution in [3.63, 3.8) is 0 Å². The summed E-state index contributed by atoms with van der Waals surface area (Å²) in [7, 11) is 1.80. The van der Waals surface area contributed by atoms with Crippen LogP contribution >= 0.6 is 0 Å². The summed E-state index contributed by atoms with van der Waals surface area (Å²) < 4.78 is 12.9. The number of benzene rings is 1. The molecule has 0 aliphatic carbocycles. The molecule has 1 aromatic heterocycles. The number of ether oxygens (including phenoxy) is 2. The second-order valence-corrected chi connectivity index (χ2v) is 6.37. The number of amides is 1. The number of carbonyl (C=O) groups is 1. The highest BCUT2D eigenvalue weighted by molar-refractivity contribution is 5.77. The van der Waals surface area contributed by atoms with Crippen LogP contribution in [-0.2, 0) is 20.8 Å². The van der Waals surface area contributed by atoms with E-state index in [-0.39, 0.29) is 18.6 Å². The number of hydrogen-bond donors (Lipinski definition) is 0. The minimum absolute atomic E-state index is 0.0213. The van der Waals surface area contributed by atoms with E-state index in [0.29, 0.717) is 13.2 Å². The summed E-state index contributed by atoms with van der Waals surface area (Å²) in [4.78, 5) is 13.9. The van der Waals surface area contributed by atoms with E-state index < -0.39 is 0 Å². The minimum atomic E-state index is -0.0213. The number of carbonyl (C=O) groups excluding carboxylic acids is 1. The molecule has 1 aliphatic rings. The molecule has 2 heterocycles. The van der Waals surface area contributed by atoms with Crippen LogP contribution in [-0.4, -0.2) is 53.6 Å². The first-order chi connectivity index (χ1) is 12.2.